The van der Waals surface area contributed by atoms with Crippen molar-refractivity contribution in [3.63, 3.8) is 0 Å². The predicted octanol–water partition coefficient (Wildman–Crippen LogP) is 2.63. The highest BCUT2D eigenvalue weighted by molar-refractivity contribution is 8.03. The Hall–Kier alpha value is 0.580. The molecule has 2 atom stereocenters. The molecule has 1 aliphatic rings. The molecule has 1 saturated heterocycles. The first kappa shape index (κ1) is 13.0. The molecule has 5 heteroatoms. The lowest BCUT2D eigenvalue weighted by atomic mass is 9.95. The highest BCUT2D eigenvalue weighted by Gasteiger charge is 2.52. The maximum Gasteiger partial charge on any atom is 0.127 e. The largest absolute Gasteiger partial charge is 0.217 e. The van der Waals surface area contributed by atoms with E-state index in [1.165, 1.54) is 0 Å². The Kier molecular flexibility index (Phi) is 3.82. The maximum absolute atomic E-state index is 4.71. The summed E-state index contributed by atoms with van der Waals surface area (Å²) in [4.78, 5) is -0.689. The van der Waals surface area contributed by atoms with Crippen LogP contribution >= 0.6 is 50.5 Å². The molecule has 0 aromatic heterocycles. The molecule has 1 aromatic carbocycles. The molecule has 2 rings (SSSR count). The van der Waals surface area contributed by atoms with E-state index in [9.17, 15) is 0 Å². The zero-order chi connectivity index (χ0) is 11.8. The Morgan fingerprint density at radius 3 is 2.38 bits per heavy atom. The van der Waals surface area contributed by atoms with Gasteiger partial charge in [0.05, 0.1) is 4.08 Å². The summed E-state index contributed by atoms with van der Waals surface area (Å²) in [5.74, 6) is 0. The van der Waals surface area contributed by atoms with Gasteiger partial charge < -0.3 is 0 Å². The normalized spacial score (nSPS) is 33.6. The number of hydrogen-bond donors (Lipinski definition) is 4. The number of rotatable bonds is 1. The fraction of sp³-hybridized carbons (Fsp3) is 0.455. The highest BCUT2D eigenvalue weighted by atomic mass is 32.2. The van der Waals surface area contributed by atoms with Crippen molar-refractivity contribution in [3.05, 3.63) is 35.9 Å². The number of thiol groups is 4. The molecular formula is C11H14NS4. The van der Waals surface area contributed by atoms with E-state index in [1.807, 2.05) is 30.3 Å². The van der Waals surface area contributed by atoms with Gasteiger partial charge in [0, 0.05) is 11.8 Å². The van der Waals surface area contributed by atoms with Crippen LogP contribution < -0.4 is 5.32 Å². The average molecular weight is 289 g/mol. The van der Waals surface area contributed by atoms with Gasteiger partial charge in [0.2, 0.25) is 0 Å². The molecule has 16 heavy (non-hydrogen) atoms. The lowest BCUT2D eigenvalue weighted by Crippen LogP contribution is -2.56. The minimum atomic E-state index is -0.689. The van der Waals surface area contributed by atoms with Gasteiger partial charge in [0.15, 0.2) is 0 Å². The molecule has 0 N–H and O–H groups in total. The zero-order valence-corrected chi connectivity index (χ0v) is 12.2. The Bertz CT molecular complexity index is 368. The average Bonchev–Trinajstić information content (AvgIpc) is 2.28. The van der Waals surface area contributed by atoms with Gasteiger partial charge in [-0.25, -0.2) is 5.32 Å². The Morgan fingerprint density at radius 2 is 1.75 bits per heavy atom. The van der Waals surface area contributed by atoms with E-state index in [0.29, 0.717) is 0 Å². The molecule has 2 unspecified atom stereocenters. The number of nitrogens with zero attached hydrogens (tertiary/aromatic N) is 1. The maximum atomic E-state index is 4.71. The fourth-order valence-electron chi connectivity index (χ4n) is 1.87. The minimum Gasteiger partial charge on any atom is -0.217 e. The van der Waals surface area contributed by atoms with Crippen LogP contribution in [0, 0.1) is 0 Å². The fourth-order valence-corrected chi connectivity index (χ4v) is 3.34. The summed E-state index contributed by atoms with van der Waals surface area (Å²) in [6, 6.07) is 9.93. The topological polar surface area (TPSA) is 14.1 Å². The third kappa shape index (κ3) is 2.01. The van der Waals surface area contributed by atoms with Gasteiger partial charge >= 0.3 is 0 Å². The molecule has 1 aliphatic heterocycles. The van der Waals surface area contributed by atoms with Gasteiger partial charge in [-0.05, 0) is 12.0 Å². The number of hydrogen-bond acceptors (Lipinski definition) is 4. The van der Waals surface area contributed by atoms with Crippen molar-refractivity contribution in [1.82, 2.24) is 5.32 Å². The van der Waals surface area contributed by atoms with Crippen molar-refractivity contribution in [2.24, 2.45) is 0 Å². The van der Waals surface area contributed by atoms with Gasteiger partial charge in [-0.15, -0.1) is 12.6 Å². The standard InChI is InChI=1S/C11H14NS4/c13-9-6-7-12-10(14,11(9,15)16)8-4-2-1-3-5-8/h1-5,9,13-16H,6-7H2. The summed E-state index contributed by atoms with van der Waals surface area (Å²) in [6.07, 6.45) is 0.880. The monoisotopic (exact) mass is 288 g/mol. The van der Waals surface area contributed by atoms with E-state index in [4.69, 9.17) is 12.6 Å². The lowest BCUT2D eigenvalue weighted by molar-refractivity contribution is 0.369. The van der Waals surface area contributed by atoms with Crippen molar-refractivity contribution in [3.8, 4) is 0 Å². The van der Waals surface area contributed by atoms with Gasteiger partial charge in [-0.3, -0.25) is 0 Å². The Morgan fingerprint density at radius 1 is 1.12 bits per heavy atom. The summed E-state index contributed by atoms with van der Waals surface area (Å²) >= 11 is 18.5. The molecular weight excluding hydrogens is 274 g/mol. The van der Waals surface area contributed by atoms with Crippen LogP contribution in [0.3, 0.4) is 0 Å². The molecule has 87 valence electrons. The summed E-state index contributed by atoms with van der Waals surface area (Å²) < 4.78 is -0.654. The molecule has 1 fully saturated rings. The Labute approximate surface area is 118 Å². The third-order valence-electron chi connectivity index (χ3n) is 2.90. The highest BCUT2D eigenvalue weighted by Crippen LogP contribution is 2.51. The molecule has 0 aliphatic carbocycles. The van der Waals surface area contributed by atoms with Crippen molar-refractivity contribution in [1.29, 1.82) is 0 Å². The van der Waals surface area contributed by atoms with Crippen LogP contribution in [0.5, 0.6) is 0 Å². The van der Waals surface area contributed by atoms with Crippen LogP contribution in [0.15, 0.2) is 30.3 Å². The van der Waals surface area contributed by atoms with Crippen LogP contribution in [0.4, 0.5) is 0 Å². The molecule has 0 spiro atoms. The summed E-state index contributed by atoms with van der Waals surface area (Å²) in [7, 11) is 0. The number of benzene rings is 1. The Balaban J connectivity index is 2.43. The van der Waals surface area contributed by atoms with E-state index in [2.05, 4.69) is 43.2 Å². The summed E-state index contributed by atoms with van der Waals surface area (Å²) in [5.41, 5.74) is 1.02. The third-order valence-corrected chi connectivity index (χ3v) is 6.33. The molecule has 1 heterocycles. The van der Waals surface area contributed by atoms with Gasteiger partial charge in [0.25, 0.3) is 0 Å². The summed E-state index contributed by atoms with van der Waals surface area (Å²) in [6.45, 7) is 0.745. The van der Waals surface area contributed by atoms with E-state index in [1.54, 1.807) is 0 Å². The zero-order valence-electron chi connectivity index (χ0n) is 8.61. The molecule has 0 bridgehead atoms. The number of piperidine rings is 1. The molecule has 1 aromatic rings. The predicted molar refractivity (Wildman–Crippen MR) is 82.2 cm³/mol. The second kappa shape index (κ2) is 4.69. The van der Waals surface area contributed by atoms with Crippen LogP contribution in [-0.2, 0) is 4.87 Å². The van der Waals surface area contributed by atoms with E-state index < -0.39 is 8.95 Å². The molecule has 1 nitrogen and oxygen atoms in total. The second-order valence-electron chi connectivity index (χ2n) is 3.95. The quantitative estimate of drug-likeness (QED) is 0.448. The van der Waals surface area contributed by atoms with Crippen molar-refractivity contribution in [2.45, 2.75) is 20.6 Å². The smallest absolute Gasteiger partial charge is 0.127 e. The van der Waals surface area contributed by atoms with Gasteiger partial charge in [-0.1, -0.05) is 30.3 Å². The van der Waals surface area contributed by atoms with Gasteiger partial charge in [-0.2, -0.15) is 37.9 Å². The van der Waals surface area contributed by atoms with Crippen molar-refractivity contribution in [2.75, 3.05) is 6.54 Å². The van der Waals surface area contributed by atoms with Crippen molar-refractivity contribution < 1.29 is 0 Å². The van der Waals surface area contributed by atoms with Crippen LogP contribution in [-0.4, -0.2) is 15.9 Å². The summed E-state index contributed by atoms with van der Waals surface area (Å²) in [5, 5.41) is 4.66. The van der Waals surface area contributed by atoms with Crippen LogP contribution in [0.1, 0.15) is 12.0 Å². The van der Waals surface area contributed by atoms with Gasteiger partial charge in [0.1, 0.15) is 4.87 Å². The molecule has 0 saturated carbocycles. The first-order valence-corrected chi connectivity index (χ1v) is 6.93. The van der Waals surface area contributed by atoms with Crippen LogP contribution in [0.2, 0.25) is 0 Å². The van der Waals surface area contributed by atoms with E-state index >= 15 is 0 Å². The SMILES string of the molecule is SC1CC[N]C(S)(c2ccccc2)C1(S)S. The van der Waals surface area contributed by atoms with Crippen LogP contribution in [0.25, 0.3) is 0 Å². The molecule has 1 radical (unpaired) electrons. The first-order chi connectivity index (χ1) is 7.48. The van der Waals surface area contributed by atoms with E-state index in [-0.39, 0.29) is 5.25 Å². The lowest BCUT2D eigenvalue weighted by Gasteiger charge is -2.48. The molecule has 0 amide bonds. The second-order valence-corrected chi connectivity index (χ2v) is 6.98. The van der Waals surface area contributed by atoms with E-state index in [0.717, 1.165) is 18.5 Å². The first-order valence-electron chi connectivity index (χ1n) is 5.08. The minimum absolute atomic E-state index is 0.0642. The van der Waals surface area contributed by atoms with Crippen molar-refractivity contribution >= 4 is 50.5 Å².